The van der Waals surface area contributed by atoms with Gasteiger partial charge in [-0.25, -0.2) is 16.8 Å². The van der Waals surface area contributed by atoms with Crippen LogP contribution in [0.25, 0.3) is 0 Å². The van der Waals surface area contributed by atoms with Crippen LogP contribution in [0.5, 0.6) is 0 Å². The van der Waals surface area contributed by atoms with Crippen LogP contribution in [0.2, 0.25) is 0 Å². The largest absolute Gasteiger partial charge is 0.353 e. The number of amides is 1. The van der Waals surface area contributed by atoms with Gasteiger partial charge in [-0.1, -0.05) is 0 Å². The van der Waals surface area contributed by atoms with Gasteiger partial charge in [0.1, 0.15) is 0 Å². The molecule has 1 aromatic rings. The van der Waals surface area contributed by atoms with Gasteiger partial charge in [-0.3, -0.25) is 4.79 Å². The van der Waals surface area contributed by atoms with Crippen LogP contribution >= 0.6 is 15.9 Å². The molecule has 0 fully saturated rings. The average Bonchev–Trinajstić information content (AvgIpc) is 2.36. The van der Waals surface area contributed by atoms with Crippen LogP contribution in [0.4, 0.5) is 0 Å². The van der Waals surface area contributed by atoms with Gasteiger partial charge in [0.05, 0.1) is 16.3 Å². The predicted molar refractivity (Wildman–Crippen MR) is 90.3 cm³/mol. The molecule has 1 aromatic carbocycles. The van der Waals surface area contributed by atoms with Gasteiger partial charge in [-0.05, 0) is 48.0 Å². The number of nitrogens with one attached hydrogen (secondary N) is 1. The average molecular weight is 427 g/mol. The summed E-state index contributed by atoms with van der Waals surface area (Å²) in [4.78, 5) is 11.4. The van der Waals surface area contributed by atoms with Crippen molar-refractivity contribution in [1.29, 1.82) is 0 Å². The fourth-order valence-corrected chi connectivity index (χ4v) is 4.53. The topological polar surface area (TPSA) is 101 Å². The maximum Gasteiger partial charge on any atom is 0.244 e. The second-order valence-electron chi connectivity index (χ2n) is 5.35. The molecule has 0 aliphatic rings. The quantitative estimate of drug-likeness (QED) is 0.730. The number of carbonyl (C=O) groups is 1. The number of halogens is 1. The lowest BCUT2D eigenvalue weighted by Gasteiger charge is -2.19. The highest BCUT2D eigenvalue weighted by Gasteiger charge is 2.26. The van der Waals surface area contributed by atoms with Crippen LogP contribution in [-0.4, -0.2) is 52.9 Å². The summed E-state index contributed by atoms with van der Waals surface area (Å²) in [6.45, 7) is 3.16. The summed E-state index contributed by atoms with van der Waals surface area (Å²) < 4.78 is 49.5. The minimum absolute atomic E-state index is 0.112. The van der Waals surface area contributed by atoms with Crippen LogP contribution in [0.15, 0.2) is 32.5 Å². The van der Waals surface area contributed by atoms with E-state index in [4.69, 9.17) is 0 Å². The van der Waals surface area contributed by atoms with E-state index in [9.17, 15) is 21.6 Å². The molecule has 0 aliphatic heterocycles. The number of carbonyl (C=O) groups excluding carboxylic acids is 1. The Bertz CT molecular complexity index is 804. The summed E-state index contributed by atoms with van der Waals surface area (Å²) in [6.07, 6.45) is 0.992. The molecule has 7 nitrogen and oxygen atoms in total. The van der Waals surface area contributed by atoms with Gasteiger partial charge < -0.3 is 5.32 Å². The van der Waals surface area contributed by atoms with Crippen LogP contribution in [0.1, 0.15) is 13.8 Å². The van der Waals surface area contributed by atoms with Crippen LogP contribution in [0.3, 0.4) is 0 Å². The smallest absolute Gasteiger partial charge is 0.244 e. The SMILES string of the molecule is CC(C)NC(=O)CN(C)S(=O)(=O)c1cc(S(C)(=O)=O)ccc1Br. The third kappa shape index (κ3) is 5.27. The second-order valence-corrected chi connectivity index (χ2v) is 10.2. The zero-order valence-corrected chi connectivity index (χ0v) is 16.4. The van der Waals surface area contributed by atoms with Crippen molar-refractivity contribution in [3.8, 4) is 0 Å². The van der Waals surface area contributed by atoms with Gasteiger partial charge in [0.2, 0.25) is 15.9 Å². The first-order valence-corrected chi connectivity index (χ1v) is 10.7. The first-order chi connectivity index (χ1) is 10.4. The summed E-state index contributed by atoms with van der Waals surface area (Å²) in [5.74, 6) is -0.443. The van der Waals surface area contributed by atoms with Crippen molar-refractivity contribution >= 4 is 41.7 Å². The fraction of sp³-hybridized carbons (Fsp3) is 0.462. The number of sulfone groups is 1. The Hall–Kier alpha value is -0.970. The first kappa shape index (κ1) is 20.1. The molecule has 0 saturated carbocycles. The monoisotopic (exact) mass is 426 g/mol. The van der Waals surface area contributed by atoms with E-state index in [-0.39, 0.29) is 26.9 Å². The maximum atomic E-state index is 12.6. The minimum atomic E-state index is -4.02. The van der Waals surface area contributed by atoms with Crippen LogP contribution in [-0.2, 0) is 24.7 Å². The molecule has 0 unspecified atom stereocenters. The molecule has 10 heteroatoms. The molecule has 0 radical (unpaired) electrons. The number of likely N-dealkylation sites (N-methyl/N-ethyl adjacent to an activating group) is 1. The van der Waals surface area contributed by atoms with Crippen molar-refractivity contribution in [1.82, 2.24) is 9.62 Å². The second kappa shape index (κ2) is 7.29. The maximum absolute atomic E-state index is 12.6. The number of rotatable bonds is 6. The highest BCUT2D eigenvalue weighted by atomic mass is 79.9. The van der Waals surface area contributed by atoms with Gasteiger partial charge in [0.15, 0.2) is 9.84 Å². The highest BCUT2D eigenvalue weighted by molar-refractivity contribution is 9.10. The lowest BCUT2D eigenvalue weighted by atomic mass is 10.4. The summed E-state index contributed by atoms with van der Waals surface area (Å²) in [5.41, 5.74) is 0. The number of hydrogen-bond donors (Lipinski definition) is 1. The molecular formula is C13H19BrN2O5S2. The van der Waals surface area contributed by atoms with E-state index >= 15 is 0 Å². The Morgan fingerprint density at radius 2 is 1.83 bits per heavy atom. The van der Waals surface area contributed by atoms with Crippen LogP contribution < -0.4 is 5.32 Å². The molecule has 0 atom stereocenters. The van der Waals surface area contributed by atoms with Crippen molar-refractivity contribution in [2.45, 2.75) is 29.7 Å². The molecule has 0 aliphatic carbocycles. The lowest BCUT2D eigenvalue weighted by Crippen LogP contribution is -2.40. The molecule has 1 rings (SSSR count). The normalized spacial score (nSPS) is 12.7. The molecule has 23 heavy (non-hydrogen) atoms. The molecule has 1 N–H and O–H groups in total. The third-order valence-corrected chi connectivity index (χ3v) is 6.74. The lowest BCUT2D eigenvalue weighted by molar-refractivity contribution is -0.121. The number of sulfonamides is 1. The van der Waals surface area contributed by atoms with E-state index in [0.29, 0.717) is 0 Å². The minimum Gasteiger partial charge on any atom is -0.353 e. The Kier molecular flexibility index (Phi) is 6.36. The first-order valence-electron chi connectivity index (χ1n) is 6.61. The van der Waals surface area contributed by atoms with Gasteiger partial charge in [0.25, 0.3) is 0 Å². The van der Waals surface area contributed by atoms with Gasteiger partial charge in [-0.2, -0.15) is 4.31 Å². The highest BCUT2D eigenvalue weighted by Crippen LogP contribution is 2.27. The van der Waals surface area contributed by atoms with Crippen molar-refractivity contribution < 1.29 is 21.6 Å². The van der Waals surface area contributed by atoms with Gasteiger partial charge in [0, 0.05) is 23.8 Å². The number of benzene rings is 1. The van der Waals surface area contributed by atoms with Gasteiger partial charge in [-0.15, -0.1) is 0 Å². The Morgan fingerprint density at radius 3 is 2.30 bits per heavy atom. The molecule has 0 saturated heterocycles. The summed E-state index contributed by atoms with van der Waals surface area (Å²) in [6, 6.07) is 3.62. The molecule has 0 heterocycles. The van der Waals surface area contributed by atoms with Crippen molar-refractivity contribution in [2.75, 3.05) is 19.8 Å². The standard InChI is InChI=1S/C13H19BrN2O5S2/c1-9(2)15-13(17)8-16(3)23(20,21)12-7-10(22(4,18)19)5-6-11(12)14/h5-7,9H,8H2,1-4H3,(H,15,17). The van der Waals surface area contributed by atoms with Crippen molar-refractivity contribution in [3.05, 3.63) is 22.7 Å². The van der Waals surface area contributed by atoms with E-state index in [1.807, 2.05) is 0 Å². The molecule has 1 amide bonds. The van der Waals surface area contributed by atoms with E-state index in [1.54, 1.807) is 13.8 Å². The summed E-state index contributed by atoms with van der Waals surface area (Å²) >= 11 is 3.11. The number of hydrogen-bond acceptors (Lipinski definition) is 5. The van der Waals surface area contributed by atoms with E-state index in [0.717, 1.165) is 16.6 Å². The zero-order chi connectivity index (χ0) is 18.0. The van der Waals surface area contributed by atoms with E-state index in [2.05, 4.69) is 21.2 Å². The third-order valence-electron chi connectivity index (χ3n) is 2.83. The zero-order valence-electron chi connectivity index (χ0n) is 13.2. The Morgan fingerprint density at radius 1 is 1.26 bits per heavy atom. The fourth-order valence-electron chi connectivity index (χ4n) is 1.73. The number of nitrogens with zero attached hydrogens (tertiary/aromatic N) is 1. The van der Waals surface area contributed by atoms with E-state index < -0.39 is 25.8 Å². The summed E-state index contributed by atoms with van der Waals surface area (Å²) in [5, 5.41) is 2.59. The van der Waals surface area contributed by atoms with Crippen molar-refractivity contribution in [3.63, 3.8) is 0 Å². The molecular weight excluding hydrogens is 408 g/mol. The van der Waals surface area contributed by atoms with Gasteiger partial charge >= 0.3 is 0 Å². The van der Waals surface area contributed by atoms with Crippen LogP contribution in [0, 0.1) is 0 Å². The molecule has 130 valence electrons. The predicted octanol–water partition coefficient (Wildman–Crippen LogP) is 0.998. The summed E-state index contributed by atoms with van der Waals surface area (Å²) in [7, 11) is -6.31. The Balaban J connectivity index is 3.20. The van der Waals surface area contributed by atoms with Crippen molar-refractivity contribution in [2.24, 2.45) is 0 Å². The Labute approximate surface area is 145 Å². The van der Waals surface area contributed by atoms with E-state index in [1.165, 1.54) is 19.2 Å². The molecule has 0 aromatic heterocycles. The molecule has 0 spiro atoms. The molecule has 0 bridgehead atoms.